The van der Waals surface area contributed by atoms with Crippen LogP contribution in [-0.4, -0.2) is 22.3 Å². The normalized spacial score (nSPS) is 21.1. The Morgan fingerprint density at radius 2 is 1.81 bits per heavy atom. The largest absolute Gasteiger partial charge is 0.488 e. The van der Waals surface area contributed by atoms with Crippen LogP contribution in [0.15, 0.2) is 30.4 Å². The second kappa shape index (κ2) is 4.72. The molecule has 1 aromatic carbocycles. The minimum atomic E-state index is -0.275. The number of carbonyl (C=O) groups is 2. The van der Waals surface area contributed by atoms with E-state index in [0.29, 0.717) is 0 Å². The molecule has 1 heterocycles. The maximum absolute atomic E-state index is 11.9. The van der Waals surface area contributed by atoms with E-state index in [0.717, 1.165) is 24.2 Å². The van der Waals surface area contributed by atoms with E-state index in [1.165, 1.54) is 22.6 Å². The highest BCUT2D eigenvalue weighted by Gasteiger charge is 2.36. The van der Waals surface area contributed by atoms with E-state index in [2.05, 4.69) is 0 Å². The average Bonchev–Trinajstić information content (AvgIpc) is 2.91. The summed E-state index contributed by atoms with van der Waals surface area (Å²) in [5.74, 6) is 0.334. The van der Waals surface area contributed by atoms with Crippen molar-refractivity contribution < 1.29 is 14.3 Å². The first-order valence-corrected chi connectivity index (χ1v) is 7.22. The molecule has 0 unspecified atom stereocenters. The van der Waals surface area contributed by atoms with Gasteiger partial charge in [0.15, 0.2) is 0 Å². The summed E-state index contributed by atoms with van der Waals surface area (Å²) in [6.07, 6.45) is 4.35. The molecule has 0 fully saturated rings. The van der Waals surface area contributed by atoms with Crippen molar-refractivity contribution >= 4 is 11.8 Å². The van der Waals surface area contributed by atoms with E-state index in [9.17, 15) is 9.59 Å². The molecule has 21 heavy (non-hydrogen) atoms. The van der Waals surface area contributed by atoms with Crippen molar-refractivity contribution in [1.29, 1.82) is 0 Å². The van der Waals surface area contributed by atoms with E-state index in [1.54, 1.807) is 0 Å². The Morgan fingerprint density at radius 3 is 2.43 bits per heavy atom. The van der Waals surface area contributed by atoms with Crippen molar-refractivity contribution in [2.45, 2.75) is 45.3 Å². The van der Waals surface area contributed by atoms with E-state index < -0.39 is 0 Å². The maximum Gasteiger partial charge on any atom is 0.254 e. The van der Waals surface area contributed by atoms with Gasteiger partial charge in [0.1, 0.15) is 11.4 Å². The van der Waals surface area contributed by atoms with Crippen molar-refractivity contribution in [2.75, 3.05) is 0 Å². The highest BCUT2D eigenvalue weighted by Crippen LogP contribution is 2.39. The summed E-state index contributed by atoms with van der Waals surface area (Å²) in [6.45, 7) is 5.99. The number of benzene rings is 1. The Morgan fingerprint density at radius 1 is 1.14 bits per heavy atom. The van der Waals surface area contributed by atoms with Crippen molar-refractivity contribution in [3.8, 4) is 5.75 Å². The maximum atomic E-state index is 11.9. The highest BCUT2D eigenvalue weighted by molar-refractivity contribution is 6.13. The van der Waals surface area contributed by atoms with Crippen LogP contribution in [0.2, 0.25) is 0 Å². The van der Waals surface area contributed by atoms with Crippen LogP contribution in [0.5, 0.6) is 5.75 Å². The van der Waals surface area contributed by atoms with Crippen LogP contribution in [0.25, 0.3) is 0 Å². The number of amides is 2. The molecule has 0 bridgehead atoms. The van der Waals surface area contributed by atoms with E-state index >= 15 is 0 Å². The molecule has 110 valence electrons. The summed E-state index contributed by atoms with van der Waals surface area (Å²) in [4.78, 5) is 25.1. The minimum absolute atomic E-state index is 0.168. The first-order valence-electron chi connectivity index (χ1n) is 7.22. The fraction of sp³-hybridized carbons (Fsp3) is 0.412. The highest BCUT2D eigenvalue weighted by atomic mass is 16.5. The fourth-order valence-electron chi connectivity index (χ4n) is 2.96. The topological polar surface area (TPSA) is 46.6 Å². The molecule has 4 nitrogen and oxygen atoms in total. The van der Waals surface area contributed by atoms with Crippen LogP contribution in [0.3, 0.4) is 0 Å². The fourth-order valence-corrected chi connectivity index (χ4v) is 2.96. The quantitative estimate of drug-likeness (QED) is 0.785. The van der Waals surface area contributed by atoms with Gasteiger partial charge in [-0.05, 0) is 56.9 Å². The molecule has 0 saturated carbocycles. The van der Waals surface area contributed by atoms with Crippen molar-refractivity contribution in [3.63, 3.8) is 0 Å². The van der Waals surface area contributed by atoms with Gasteiger partial charge in [-0.15, -0.1) is 0 Å². The Hall–Kier alpha value is -2.10. The first-order chi connectivity index (χ1) is 9.85. The lowest BCUT2D eigenvalue weighted by Gasteiger charge is -2.25. The third-order valence-electron chi connectivity index (χ3n) is 3.74. The predicted octanol–water partition coefficient (Wildman–Crippen LogP) is 2.78. The lowest BCUT2D eigenvalue weighted by molar-refractivity contribution is -0.139. The molecule has 1 aromatic rings. The predicted molar refractivity (Wildman–Crippen MR) is 78.9 cm³/mol. The molecule has 3 rings (SSSR count). The third kappa shape index (κ3) is 2.58. The monoisotopic (exact) mass is 285 g/mol. The number of carbonyl (C=O) groups excluding carboxylic acids is 2. The van der Waals surface area contributed by atoms with E-state index in [-0.39, 0.29) is 23.5 Å². The van der Waals surface area contributed by atoms with E-state index in [1.807, 2.05) is 39.0 Å². The molecule has 0 spiro atoms. The first kappa shape index (κ1) is 13.9. The van der Waals surface area contributed by atoms with Gasteiger partial charge in [-0.25, -0.2) is 0 Å². The molecule has 0 aromatic heterocycles. The molecule has 0 N–H and O–H groups in total. The van der Waals surface area contributed by atoms with Crippen LogP contribution in [-0.2, 0) is 16.0 Å². The Bertz CT molecular complexity index is 622. The second-order valence-electron chi connectivity index (χ2n) is 6.51. The number of rotatable bonds is 2. The summed E-state index contributed by atoms with van der Waals surface area (Å²) in [7, 11) is 0. The Balaban J connectivity index is 1.92. The number of hydrogen-bond donors (Lipinski definition) is 0. The number of nitrogens with zero attached hydrogens (tertiary/aromatic N) is 1. The number of ether oxygens (including phenoxy) is 1. The number of imide groups is 1. The molecule has 1 aliphatic carbocycles. The average molecular weight is 285 g/mol. The molecular formula is C17H19NO3. The van der Waals surface area contributed by atoms with Crippen LogP contribution in [0, 0.1) is 0 Å². The lowest BCUT2D eigenvalue weighted by atomic mass is 10.1. The van der Waals surface area contributed by atoms with Crippen LogP contribution < -0.4 is 4.74 Å². The van der Waals surface area contributed by atoms with Gasteiger partial charge >= 0.3 is 0 Å². The molecule has 4 heteroatoms. The summed E-state index contributed by atoms with van der Waals surface area (Å²) < 4.78 is 5.89. The number of hydrogen-bond acceptors (Lipinski definition) is 3. The standard InChI is InChI=1S/C17H19NO3/c1-17(2,3)21-12-6-4-11-5-7-14(13(11)10-12)18-15(19)8-9-16(18)20/h4,6,8-10,14H,5,7H2,1-3H3/t14-/m0/s1. The van der Waals surface area contributed by atoms with Gasteiger partial charge in [0.25, 0.3) is 11.8 Å². The Labute approximate surface area is 124 Å². The molecule has 0 saturated heterocycles. The third-order valence-corrected chi connectivity index (χ3v) is 3.74. The van der Waals surface area contributed by atoms with Gasteiger partial charge in [0, 0.05) is 12.2 Å². The summed E-state index contributed by atoms with van der Waals surface area (Å²) >= 11 is 0. The number of aryl methyl sites for hydroxylation is 1. The van der Waals surface area contributed by atoms with Gasteiger partial charge in [0.05, 0.1) is 6.04 Å². The second-order valence-corrected chi connectivity index (χ2v) is 6.51. The van der Waals surface area contributed by atoms with Crippen LogP contribution >= 0.6 is 0 Å². The summed E-state index contributed by atoms with van der Waals surface area (Å²) in [5.41, 5.74) is 1.94. The zero-order valence-corrected chi connectivity index (χ0v) is 12.6. The lowest BCUT2D eigenvalue weighted by Crippen LogP contribution is -2.33. The molecular weight excluding hydrogens is 266 g/mol. The number of fused-ring (bicyclic) bond motifs is 1. The minimum Gasteiger partial charge on any atom is -0.488 e. The smallest absolute Gasteiger partial charge is 0.254 e. The van der Waals surface area contributed by atoms with Crippen molar-refractivity contribution in [1.82, 2.24) is 4.90 Å². The molecule has 2 aliphatic rings. The SMILES string of the molecule is CC(C)(C)Oc1ccc2c(c1)[C@@H](N1C(=O)C=CC1=O)CC2. The van der Waals surface area contributed by atoms with Crippen LogP contribution in [0.4, 0.5) is 0 Å². The zero-order chi connectivity index (χ0) is 15.2. The van der Waals surface area contributed by atoms with Crippen molar-refractivity contribution in [3.05, 3.63) is 41.5 Å². The molecule has 1 aliphatic heterocycles. The van der Waals surface area contributed by atoms with Crippen LogP contribution in [0.1, 0.15) is 44.4 Å². The van der Waals surface area contributed by atoms with Gasteiger partial charge in [-0.2, -0.15) is 0 Å². The van der Waals surface area contributed by atoms with Gasteiger partial charge in [0.2, 0.25) is 0 Å². The van der Waals surface area contributed by atoms with Gasteiger partial charge < -0.3 is 4.74 Å². The van der Waals surface area contributed by atoms with Gasteiger partial charge in [-0.3, -0.25) is 14.5 Å². The van der Waals surface area contributed by atoms with Gasteiger partial charge in [-0.1, -0.05) is 6.07 Å². The summed E-state index contributed by atoms with van der Waals surface area (Å²) in [6, 6.07) is 5.79. The van der Waals surface area contributed by atoms with Crippen molar-refractivity contribution in [2.24, 2.45) is 0 Å². The van der Waals surface area contributed by atoms with E-state index in [4.69, 9.17) is 4.74 Å². The molecule has 2 amide bonds. The Kier molecular flexibility index (Phi) is 3.12. The summed E-state index contributed by atoms with van der Waals surface area (Å²) in [5, 5.41) is 0. The molecule has 0 radical (unpaired) electrons. The molecule has 1 atom stereocenters. The zero-order valence-electron chi connectivity index (χ0n) is 12.6.